The molecule has 2 aromatic rings. The summed E-state index contributed by atoms with van der Waals surface area (Å²) in [6, 6.07) is 13.5. The van der Waals surface area contributed by atoms with Crippen molar-refractivity contribution in [3.05, 3.63) is 59.2 Å². The second kappa shape index (κ2) is 6.32. The standard InChI is InChI=1S/C19H20O4/c1-22-15-5-3-4-12(9-15)8-14-10-13-11-16(23-2)6-7-17(13)18(14)19(20)21/h3-7,9,11,14,18H,8,10H2,1-2H3,(H,20,21). The maximum atomic E-state index is 11.8. The van der Waals surface area contributed by atoms with Crippen molar-refractivity contribution in [2.75, 3.05) is 14.2 Å². The van der Waals surface area contributed by atoms with Crippen LogP contribution in [0.5, 0.6) is 11.5 Å². The molecule has 1 aliphatic rings. The third kappa shape index (κ3) is 3.02. The van der Waals surface area contributed by atoms with Crippen molar-refractivity contribution < 1.29 is 19.4 Å². The number of carboxylic acid groups (broad SMARTS) is 1. The molecule has 2 atom stereocenters. The van der Waals surface area contributed by atoms with E-state index in [1.165, 1.54) is 0 Å². The van der Waals surface area contributed by atoms with E-state index in [4.69, 9.17) is 9.47 Å². The van der Waals surface area contributed by atoms with Crippen LogP contribution in [0.25, 0.3) is 0 Å². The molecule has 3 rings (SSSR count). The number of ether oxygens (including phenoxy) is 2. The summed E-state index contributed by atoms with van der Waals surface area (Å²) in [5.41, 5.74) is 3.08. The Morgan fingerprint density at radius 3 is 2.57 bits per heavy atom. The van der Waals surface area contributed by atoms with Crippen LogP contribution in [0.3, 0.4) is 0 Å². The van der Waals surface area contributed by atoms with E-state index in [9.17, 15) is 9.90 Å². The van der Waals surface area contributed by atoms with Gasteiger partial charge in [0.15, 0.2) is 0 Å². The Hall–Kier alpha value is -2.49. The molecule has 0 aromatic heterocycles. The highest BCUT2D eigenvalue weighted by molar-refractivity contribution is 5.78. The average Bonchev–Trinajstić information content (AvgIpc) is 2.91. The highest BCUT2D eigenvalue weighted by atomic mass is 16.5. The molecule has 0 saturated heterocycles. The first-order valence-electron chi connectivity index (χ1n) is 7.65. The van der Waals surface area contributed by atoms with Gasteiger partial charge in [-0.15, -0.1) is 0 Å². The molecule has 0 saturated carbocycles. The second-order valence-electron chi connectivity index (χ2n) is 5.90. The minimum absolute atomic E-state index is 0.0433. The topological polar surface area (TPSA) is 55.8 Å². The summed E-state index contributed by atoms with van der Waals surface area (Å²) in [6.07, 6.45) is 1.46. The van der Waals surface area contributed by atoms with Crippen LogP contribution < -0.4 is 9.47 Å². The average molecular weight is 312 g/mol. The lowest BCUT2D eigenvalue weighted by atomic mass is 9.87. The lowest BCUT2D eigenvalue weighted by molar-refractivity contribution is -0.139. The van der Waals surface area contributed by atoms with E-state index in [1.54, 1.807) is 14.2 Å². The molecule has 1 aliphatic carbocycles. The van der Waals surface area contributed by atoms with E-state index in [-0.39, 0.29) is 5.92 Å². The number of aliphatic carboxylic acids is 1. The fourth-order valence-corrected chi connectivity index (χ4v) is 3.47. The van der Waals surface area contributed by atoms with Gasteiger partial charge in [0.2, 0.25) is 0 Å². The number of benzene rings is 2. The minimum Gasteiger partial charge on any atom is -0.497 e. The first-order valence-corrected chi connectivity index (χ1v) is 7.65. The Bertz CT molecular complexity index is 723. The first kappa shape index (κ1) is 15.4. The number of carboxylic acids is 1. The van der Waals surface area contributed by atoms with Crippen LogP contribution in [-0.4, -0.2) is 25.3 Å². The molecule has 2 unspecified atom stereocenters. The van der Waals surface area contributed by atoms with E-state index in [2.05, 4.69) is 0 Å². The molecule has 4 heteroatoms. The number of carbonyl (C=O) groups is 1. The normalized spacial score (nSPS) is 19.2. The molecule has 0 bridgehead atoms. The van der Waals surface area contributed by atoms with Crippen LogP contribution in [0.1, 0.15) is 22.6 Å². The van der Waals surface area contributed by atoms with Crippen LogP contribution >= 0.6 is 0 Å². The zero-order valence-corrected chi connectivity index (χ0v) is 13.3. The van der Waals surface area contributed by atoms with Gasteiger partial charge >= 0.3 is 5.97 Å². The molecule has 23 heavy (non-hydrogen) atoms. The molecular formula is C19H20O4. The highest BCUT2D eigenvalue weighted by Gasteiger charge is 2.37. The van der Waals surface area contributed by atoms with Crippen LogP contribution in [0, 0.1) is 5.92 Å². The summed E-state index contributed by atoms with van der Waals surface area (Å²) < 4.78 is 10.5. The molecular weight excluding hydrogens is 292 g/mol. The smallest absolute Gasteiger partial charge is 0.311 e. The van der Waals surface area contributed by atoms with Crippen molar-refractivity contribution in [2.24, 2.45) is 5.92 Å². The predicted octanol–water partition coefficient (Wildman–Crippen LogP) is 3.29. The van der Waals surface area contributed by atoms with Gasteiger partial charge in [0.1, 0.15) is 11.5 Å². The van der Waals surface area contributed by atoms with E-state index >= 15 is 0 Å². The quantitative estimate of drug-likeness (QED) is 0.920. The van der Waals surface area contributed by atoms with E-state index in [1.807, 2.05) is 42.5 Å². The second-order valence-corrected chi connectivity index (χ2v) is 5.90. The monoisotopic (exact) mass is 312 g/mol. The van der Waals surface area contributed by atoms with Gasteiger partial charge in [-0.3, -0.25) is 4.79 Å². The van der Waals surface area contributed by atoms with Gasteiger partial charge in [0, 0.05) is 0 Å². The Kier molecular flexibility index (Phi) is 4.24. The Morgan fingerprint density at radius 1 is 1.13 bits per heavy atom. The lowest BCUT2D eigenvalue weighted by Crippen LogP contribution is -2.19. The van der Waals surface area contributed by atoms with Gasteiger partial charge in [-0.1, -0.05) is 18.2 Å². The van der Waals surface area contributed by atoms with Crippen molar-refractivity contribution in [1.29, 1.82) is 0 Å². The van der Waals surface area contributed by atoms with E-state index in [0.717, 1.165) is 34.6 Å². The zero-order chi connectivity index (χ0) is 16.4. The van der Waals surface area contributed by atoms with Gasteiger partial charge in [-0.25, -0.2) is 0 Å². The maximum absolute atomic E-state index is 11.8. The van der Waals surface area contributed by atoms with Crippen molar-refractivity contribution in [2.45, 2.75) is 18.8 Å². The summed E-state index contributed by atoms with van der Waals surface area (Å²) in [7, 11) is 3.26. The van der Waals surface area contributed by atoms with E-state index < -0.39 is 11.9 Å². The first-order chi connectivity index (χ1) is 11.1. The highest BCUT2D eigenvalue weighted by Crippen LogP contribution is 2.41. The summed E-state index contributed by atoms with van der Waals surface area (Å²) >= 11 is 0. The van der Waals surface area contributed by atoms with Gasteiger partial charge in [0.25, 0.3) is 0 Å². The summed E-state index contributed by atoms with van der Waals surface area (Å²) in [6.45, 7) is 0. The zero-order valence-electron chi connectivity index (χ0n) is 13.3. The largest absolute Gasteiger partial charge is 0.497 e. The van der Waals surface area contributed by atoms with Gasteiger partial charge in [-0.05, 0) is 59.7 Å². The van der Waals surface area contributed by atoms with Crippen molar-refractivity contribution in [3.8, 4) is 11.5 Å². The molecule has 4 nitrogen and oxygen atoms in total. The fraction of sp³-hybridized carbons (Fsp3) is 0.316. The van der Waals surface area contributed by atoms with Crippen molar-refractivity contribution in [3.63, 3.8) is 0 Å². The number of rotatable bonds is 5. The summed E-state index contributed by atoms with van der Waals surface area (Å²) in [5, 5.41) is 9.68. The van der Waals surface area contributed by atoms with Gasteiger partial charge < -0.3 is 14.6 Å². The lowest BCUT2D eigenvalue weighted by Gasteiger charge is -2.17. The predicted molar refractivity (Wildman–Crippen MR) is 87.3 cm³/mol. The third-order valence-electron chi connectivity index (χ3n) is 4.54. The summed E-state index contributed by atoms with van der Waals surface area (Å²) in [5.74, 6) is 0.382. The molecule has 0 heterocycles. The molecule has 0 radical (unpaired) electrons. The number of hydrogen-bond donors (Lipinski definition) is 1. The number of methoxy groups -OCH3 is 2. The minimum atomic E-state index is -0.762. The van der Waals surface area contributed by atoms with Crippen LogP contribution in [0.15, 0.2) is 42.5 Å². The van der Waals surface area contributed by atoms with Gasteiger partial charge in [-0.2, -0.15) is 0 Å². The molecule has 0 fully saturated rings. The van der Waals surface area contributed by atoms with Crippen molar-refractivity contribution in [1.82, 2.24) is 0 Å². The Morgan fingerprint density at radius 2 is 1.87 bits per heavy atom. The molecule has 1 N–H and O–H groups in total. The number of hydrogen-bond acceptors (Lipinski definition) is 3. The third-order valence-corrected chi connectivity index (χ3v) is 4.54. The van der Waals surface area contributed by atoms with Crippen LogP contribution in [-0.2, 0) is 17.6 Å². The van der Waals surface area contributed by atoms with Crippen LogP contribution in [0.4, 0.5) is 0 Å². The molecule has 0 aliphatic heterocycles. The molecule has 2 aromatic carbocycles. The summed E-state index contributed by atoms with van der Waals surface area (Å²) in [4.78, 5) is 11.8. The van der Waals surface area contributed by atoms with Crippen LogP contribution in [0.2, 0.25) is 0 Å². The van der Waals surface area contributed by atoms with E-state index in [0.29, 0.717) is 6.42 Å². The van der Waals surface area contributed by atoms with Crippen molar-refractivity contribution >= 4 is 5.97 Å². The van der Waals surface area contributed by atoms with Gasteiger partial charge in [0.05, 0.1) is 20.1 Å². The Balaban J connectivity index is 1.88. The molecule has 120 valence electrons. The fourth-order valence-electron chi connectivity index (χ4n) is 3.47. The molecule has 0 amide bonds. The maximum Gasteiger partial charge on any atom is 0.311 e. The Labute approximate surface area is 135 Å². The number of fused-ring (bicyclic) bond motifs is 1. The SMILES string of the molecule is COc1cccc(CC2Cc3cc(OC)ccc3C2C(=O)O)c1. The molecule has 0 spiro atoms.